The zero-order valence-electron chi connectivity index (χ0n) is 8.74. The summed E-state index contributed by atoms with van der Waals surface area (Å²) in [7, 11) is 0. The molecule has 0 radical (unpaired) electrons. The first-order chi connectivity index (χ1) is 6.77. The molecule has 1 N–H and O–H groups in total. The summed E-state index contributed by atoms with van der Waals surface area (Å²) in [5, 5.41) is 8.54. The number of carbonyl (C=O) groups is 3. The number of rotatable bonds is 4. The second kappa shape index (κ2) is 5.09. The maximum atomic E-state index is 11.4. The minimum atomic E-state index is -1.26. The quantitative estimate of drug-likeness (QED) is 0.690. The number of amides is 2. The number of carboxylic acids is 1. The van der Waals surface area contributed by atoms with Crippen molar-refractivity contribution in [2.45, 2.75) is 13.8 Å². The Hall–Kier alpha value is -1.91. The summed E-state index contributed by atoms with van der Waals surface area (Å²) in [6.45, 7) is 8.85. The molecule has 0 aliphatic heterocycles. The molecule has 5 nitrogen and oxygen atoms in total. The second-order valence-corrected chi connectivity index (χ2v) is 3.15. The van der Waals surface area contributed by atoms with Crippen LogP contribution in [0.2, 0.25) is 0 Å². The van der Waals surface area contributed by atoms with Crippen LogP contribution < -0.4 is 0 Å². The third kappa shape index (κ3) is 3.76. The van der Waals surface area contributed by atoms with Crippen molar-refractivity contribution < 1.29 is 19.5 Å². The Labute approximate surface area is 87.7 Å². The van der Waals surface area contributed by atoms with Gasteiger partial charge in [-0.2, -0.15) is 0 Å². The molecule has 0 fully saturated rings. The topological polar surface area (TPSA) is 74.7 Å². The van der Waals surface area contributed by atoms with Crippen LogP contribution in [0.25, 0.3) is 0 Å². The van der Waals surface area contributed by atoms with Crippen molar-refractivity contribution in [3.8, 4) is 0 Å². The van der Waals surface area contributed by atoms with Crippen LogP contribution in [0.4, 0.5) is 0 Å². The Balaban J connectivity index is 4.97. The maximum Gasteiger partial charge on any atom is 0.323 e. The van der Waals surface area contributed by atoms with Gasteiger partial charge in [-0.05, 0) is 13.8 Å². The smallest absolute Gasteiger partial charge is 0.323 e. The molecule has 0 heterocycles. The van der Waals surface area contributed by atoms with E-state index in [2.05, 4.69) is 13.2 Å². The summed E-state index contributed by atoms with van der Waals surface area (Å²) in [6.07, 6.45) is 0. The Morgan fingerprint density at radius 2 is 1.40 bits per heavy atom. The summed E-state index contributed by atoms with van der Waals surface area (Å²) < 4.78 is 0. The van der Waals surface area contributed by atoms with Crippen LogP contribution in [0.15, 0.2) is 24.3 Å². The van der Waals surface area contributed by atoms with Crippen molar-refractivity contribution in [3.63, 3.8) is 0 Å². The predicted molar refractivity (Wildman–Crippen MR) is 54.0 cm³/mol. The molecule has 0 aromatic carbocycles. The third-order valence-corrected chi connectivity index (χ3v) is 1.51. The lowest BCUT2D eigenvalue weighted by molar-refractivity contribution is -0.149. The first-order valence-electron chi connectivity index (χ1n) is 4.16. The monoisotopic (exact) mass is 211 g/mol. The van der Waals surface area contributed by atoms with Gasteiger partial charge in [0.2, 0.25) is 0 Å². The van der Waals surface area contributed by atoms with Crippen LogP contribution in [0, 0.1) is 0 Å². The van der Waals surface area contributed by atoms with E-state index in [1.807, 2.05) is 0 Å². The first-order valence-corrected chi connectivity index (χ1v) is 4.16. The Kier molecular flexibility index (Phi) is 4.44. The third-order valence-electron chi connectivity index (χ3n) is 1.51. The predicted octanol–water partition coefficient (Wildman–Crippen LogP) is 0.578. The molecule has 82 valence electrons. The van der Waals surface area contributed by atoms with Gasteiger partial charge in [-0.1, -0.05) is 13.2 Å². The maximum absolute atomic E-state index is 11.4. The van der Waals surface area contributed by atoms with Crippen LogP contribution in [0.3, 0.4) is 0 Å². The summed E-state index contributed by atoms with van der Waals surface area (Å²) in [5.74, 6) is -2.67. The Morgan fingerprint density at radius 3 is 1.60 bits per heavy atom. The summed E-state index contributed by atoms with van der Waals surface area (Å²) in [5.41, 5.74) is 0.205. The minimum absolute atomic E-state index is 0.103. The van der Waals surface area contributed by atoms with Crippen LogP contribution >= 0.6 is 0 Å². The molecule has 0 unspecified atom stereocenters. The van der Waals surface area contributed by atoms with Crippen LogP contribution in [-0.4, -0.2) is 34.3 Å². The highest BCUT2D eigenvalue weighted by atomic mass is 16.4. The van der Waals surface area contributed by atoms with Crippen molar-refractivity contribution in [2.75, 3.05) is 6.54 Å². The Morgan fingerprint density at radius 1 is 1.07 bits per heavy atom. The van der Waals surface area contributed by atoms with E-state index in [0.29, 0.717) is 4.90 Å². The zero-order chi connectivity index (χ0) is 12.2. The van der Waals surface area contributed by atoms with E-state index in [-0.39, 0.29) is 11.1 Å². The molecule has 0 rings (SSSR count). The van der Waals surface area contributed by atoms with Gasteiger partial charge in [-0.3, -0.25) is 19.3 Å². The molecular formula is C10H13NO4. The molecule has 15 heavy (non-hydrogen) atoms. The van der Waals surface area contributed by atoms with Crippen LogP contribution in [-0.2, 0) is 14.4 Å². The number of imide groups is 1. The molecule has 0 atom stereocenters. The molecule has 0 saturated carbocycles. The van der Waals surface area contributed by atoms with Gasteiger partial charge in [0.1, 0.15) is 6.54 Å². The van der Waals surface area contributed by atoms with Gasteiger partial charge in [0, 0.05) is 11.1 Å². The van der Waals surface area contributed by atoms with E-state index in [1.165, 1.54) is 13.8 Å². The molecule has 0 aliphatic rings. The van der Waals surface area contributed by atoms with Crippen molar-refractivity contribution >= 4 is 17.8 Å². The van der Waals surface area contributed by atoms with E-state index in [4.69, 9.17) is 5.11 Å². The highest BCUT2D eigenvalue weighted by Gasteiger charge is 2.24. The molecule has 0 spiro atoms. The van der Waals surface area contributed by atoms with Crippen molar-refractivity contribution in [3.05, 3.63) is 24.3 Å². The van der Waals surface area contributed by atoms with Crippen LogP contribution in [0.1, 0.15) is 13.8 Å². The normalized spacial score (nSPS) is 9.20. The fourth-order valence-corrected chi connectivity index (χ4v) is 0.832. The lowest BCUT2D eigenvalue weighted by Crippen LogP contribution is -2.41. The van der Waals surface area contributed by atoms with Crippen molar-refractivity contribution in [1.82, 2.24) is 4.90 Å². The molecular weight excluding hydrogens is 198 g/mol. The molecule has 0 aliphatic carbocycles. The average molecular weight is 211 g/mol. The lowest BCUT2D eigenvalue weighted by atomic mass is 10.2. The van der Waals surface area contributed by atoms with Gasteiger partial charge in [0.05, 0.1) is 0 Å². The minimum Gasteiger partial charge on any atom is -0.480 e. The average Bonchev–Trinajstić information content (AvgIpc) is 2.11. The summed E-state index contributed by atoms with van der Waals surface area (Å²) in [6, 6.07) is 0. The molecule has 0 saturated heterocycles. The number of nitrogens with zero attached hydrogens (tertiary/aromatic N) is 1. The Bertz CT molecular complexity index is 317. The number of carboxylic acid groups (broad SMARTS) is 1. The fraction of sp³-hybridized carbons (Fsp3) is 0.300. The van der Waals surface area contributed by atoms with Gasteiger partial charge in [-0.15, -0.1) is 0 Å². The summed E-state index contributed by atoms with van der Waals surface area (Å²) >= 11 is 0. The highest BCUT2D eigenvalue weighted by Crippen LogP contribution is 2.04. The van der Waals surface area contributed by atoms with Crippen LogP contribution in [0.5, 0.6) is 0 Å². The SMILES string of the molecule is C=C(C)C(=O)N(CC(=O)O)C(=O)C(=C)C. The summed E-state index contributed by atoms with van der Waals surface area (Å²) in [4.78, 5) is 33.9. The fourth-order valence-electron chi connectivity index (χ4n) is 0.832. The molecule has 2 amide bonds. The van der Waals surface area contributed by atoms with E-state index in [9.17, 15) is 14.4 Å². The van der Waals surface area contributed by atoms with E-state index in [0.717, 1.165) is 0 Å². The molecule has 0 aromatic heterocycles. The van der Waals surface area contributed by atoms with Crippen molar-refractivity contribution in [1.29, 1.82) is 0 Å². The number of carbonyl (C=O) groups excluding carboxylic acids is 2. The lowest BCUT2D eigenvalue weighted by Gasteiger charge is -2.18. The molecule has 0 bridgehead atoms. The van der Waals surface area contributed by atoms with Gasteiger partial charge < -0.3 is 5.11 Å². The number of aliphatic carboxylic acids is 1. The second-order valence-electron chi connectivity index (χ2n) is 3.15. The van der Waals surface area contributed by atoms with Gasteiger partial charge in [0.25, 0.3) is 11.8 Å². The van der Waals surface area contributed by atoms with E-state index in [1.54, 1.807) is 0 Å². The molecule has 0 aromatic rings. The zero-order valence-corrected chi connectivity index (χ0v) is 8.74. The molecule has 5 heteroatoms. The van der Waals surface area contributed by atoms with Gasteiger partial charge in [-0.25, -0.2) is 0 Å². The largest absolute Gasteiger partial charge is 0.480 e. The van der Waals surface area contributed by atoms with E-state index < -0.39 is 24.3 Å². The number of hydrogen-bond donors (Lipinski definition) is 1. The van der Waals surface area contributed by atoms with Gasteiger partial charge >= 0.3 is 5.97 Å². The number of hydrogen-bond acceptors (Lipinski definition) is 3. The standard InChI is InChI=1S/C10H13NO4/c1-6(2)9(14)11(5-8(12)13)10(15)7(3)4/h1,3,5H2,2,4H3,(H,12,13). The first kappa shape index (κ1) is 13.1. The van der Waals surface area contributed by atoms with E-state index >= 15 is 0 Å². The van der Waals surface area contributed by atoms with Gasteiger partial charge in [0.15, 0.2) is 0 Å². The van der Waals surface area contributed by atoms with Crippen molar-refractivity contribution in [2.24, 2.45) is 0 Å². The highest BCUT2D eigenvalue weighted by molar-refractivity contribution is 6.10.